The number of hydrogen-bond acceptors (Lipinski definition) is 4. The van der Waals surface area contributed by atoms with E-state index in [2.05, 4.69) is 17.2 Å². The van der Waals surface area contributed by atoms with Gasteiger partial charge in [-0.1, -0.05) is 13.3 Å². The summed E-state index contributed by atoms with van der Waals surface area (Å²) in [5.41, 5.74) is 0. The minimum absolute atomic E-state index is 0. The smallest absolute Gasteiger partial charge is 0.859 e. The summed E-state index contributed by atoms with van der Waals surface area (Å²) in [6.07, 6.45) is 3.97. The van der Waals surface area contributed by atoms with E-state index in [0.29, 0.717) is 13.1 Å². The van der Waals surface area contributed by atoms with Crippen molar-refractivity contribution < 1.29 is 44.6 Å². The van der Waals surface area contributed by atoms with E-state index in [1.165, 1.54) is 0 Å². The van der Waals surface area contributed by atoms with Crippen LogP contribution >= 0.6 is 0 Å². The molecule has 0 aliphatic carbocycles. The van der Waals surface area contributed by atoms with Gasteiger partial charge in [-0.15, -0.1) is 0 Å². The monoisotopic (exact) mass is 236 g/mol. The Labute approximate surface area is 118 Å². The number of carboxylic acid groups (broad SMARTS) is 1. The van der Waals surface area contributed by atoms with Crippen molar-refractivity contribution in [2.75, 3.05) is 19.6 Å². The van der Waals surface area contributed by atoms with Crippen LogP contribution in [0.15, 0.2) is 17.1 Å². The summed E-state index contributed by atoms with van der Waals surface area (Å²) in [6.45, 7) is 4.05. The van der Waals surface area contributed by atoms with Gasteiger partial charge in [-0.3, -0.25) is 4.99 Å². The van der Waals surface area contributed by atoms with Crippen LogP contribution < -0.4 is 40.0 Å². The van der Waals surface area contributed by atoms with Gasteiger partial charge in [0, 0.05) is 12.6 Å². The number of aliphatic imine (C=N–C) groups is 1. The largest absolute Gasteiger partial charge is 1.00 e. The first-order chi connectivity index (χ1) is 7.16. The molecule has 0 bridgehead atoms. The maximum Gasteiger partial charge on any atom is 1.00 e. The van der Waals surface area contributed by atoms with Crippen LogP contribution in [0, 0.1) is 0 Å². The predicted molar refractivity (Wildman–Crippen MR) is 56.9 cm³/mol. The maximum atomic E-state index is 10.9. The Kier molecular flexibility index (Phi) is 14.3. The zero-order chi connectivity index (χ0) is 11.5. The Morgan fingerprint density at radius 3 is 2.69 bits per heavy atom. The van der Waals surface area contributed by atoms with Gasteiger partial charge in [0.15, 0.2) is 0 Å². The molecular formula is C10H17N2NaO3. The van der Waals surface area contributed by atoms with Crippen LogP contribution in [-0.2, 0) is 4.79 Å². The molecule has 0 aromatic heterocycles. The van der Waals surface area contributed by atoms with Crippen molar-refractivity contribution in [2.24, 2.45) is 4.99 Å². The summed E-state index contributed by atoms with van der Waals surface area (Å²) in [4.78, 5) is 13.7. The Morgan fingerprint density at radius 1 is 1.44 bits per heavy atom. The maximum absolute atomic E-state index is 10.9. The molecule has 0 radical (unpaired) electrons. The molecular weight excluding hydrogens is 219 g/mol. The van der Waals surface area contributed by atoms with Crippen molar-refractivity contribution in [1.82, 2.24) is 5.32 Å². The van der Waals surface area contributed by atoms with Gasteiger partial charge in [-0.05, 0) is 24.9 Å². The number of rotatable bonds is 8. The fourth-order valence-corrected chi connectivity index (χ4v) is 0.867. The third-order valence-corrected chi connectivity index (χ3v) is 1.63. The molecule has 0 aliphatic rings. The molecule has 5 nitrogen and oxygen atoms in total. The Hall–Kier alpha value is -0.360. The molecule has 0 aliphatic heterocycles. The normalized spacial score (nSPS) is 11.4. The van der Waals surface area contributed by atoms with Gasteiger partial charge >= 0.3 is 35.5 Å². The minimum Gasteiger partial charge on any atom is -0.859 e. The van der Waals surface area contributed by atoms with Crippen LogP contribution in [-0.4, -0.2) is 36.6 Å². The van der Waals surface area contributed by atoms with Gasteiger partial charge < -0.3 is 15.5 Å². The first-order valence-corrected chi connectivity index (χ1v) is 5.00. The SMILES string of the molecule is CCCCNCCN=C([O-])/C=C/C(=O)O.[Na+]. The average molecular weight is 236 g/mol. The molecule has 16 heavy (non-hydrogen) atoms. The number of aliphatic carboxylic acids is 1. The summed E-state index contributed by atoms with van der Waals surface area (Å²) >= 11 is 0. The Bertz CT molecular complexity index is 242. The molecule has 0 fully saturated rings. The number of carbonyl (C=O) groups is 1. The standard InChI is InChI=1S/C10H18N2O3.Na/c1-2-3-6-11-7-8-12-9(13)4-5-10(14)15;/h4-5,11H,2-3,6-8H2,1H3,(H,12,13)(H,14,15);/q;+1/p-1/b5-4+;. The third kappa shape index (κ3) is 13.6. The molecule has 0 unspecified atom stereocenters. The second-order valence-corrected chi connectivity index (χ2v) is 3.00. The van der Waals surface area contributed by atoms with Crippen LogP contribution in [0.1, 0.15) is 19.8 Å². The molecule has 0 spiro atoms. The number of nitrogens with one attached hydrogen (secondary N) is 1. The van der Waals surface area contributed by atoms with Gasteiger partial charge in [0.05, 0.1) is 6.54 Å². The molecule has 0 atom stereocenters. The third-order valence-electron chi connectivity index (χ3n) is 1.63. The summed E-state index contributed by atoms with van der Waals surface area (Å²) in [6, 6.07) is 0. The summed E-state index contributed by atoms with van der Waals surface area (Å²) in [5, 5.41) is 22.2. The van der Waals surface area contributed by atoms with Crippen molar-refractivity contribution in [1.29, 1.82) is 0 Å². The second-order valence-electron chi connectivity index (χ2n) is 3.00. The molecule has 2 N–H and O–H groups in total. The van der Waals surface area contributed by atoms with E-state index in [0.717, 1.165) is 31.5 Å². The second kappa shape index (κ2) is 12.7. The molecule has 0 amide bonds. The molecule has 0 aromatic carbocycles. The van der Waals surface area contributed by atoms with Crippen molar-refractivity contribution in [3.63, 3.8) is 0 Å². The summed E-state index contributed by atoms with van der Waals surface area (Å²) in [5.74, 6) is -1.64. The molecule has 0 saturated heterocycles. The number of hydrogen-bond donors (Lipinski definition) is 2. The van der Waals surface area contributed by atoms with E-state index >= 15 is 0 Å². The van der Waals surface area contributed by atoms with E-state index in [-0.39, 0.29) is 29.6 Å². The molecule has 0 heterocycles. The van der Waals surface area contributed by atoms with Crippen LogP contribution in [0.25, 0.3) is 0 Å². The zero-order valence-electron chi connectivity index (χ0n) is 9.90. The van der Waals surface area contributed by atoms with E-state index < -0.39 is 11.9 Å². The number of nitrogens with zero attached hydrogens (tertiary/aromatic N) is 1. The minimum atomic E-state index is -1.14. The first kappa shape index (κ1) is 18.0. The number of carboxylic acids is 1. The molecule has 86 valence electrons. The topological polar surface area (TPSA) is 84.8 Å². The molecule has 6 heteroatoms. The molecule has 0 saturated carbocycles. The van der Waals surface area contributed by atoms with E-state index in [1.807, 2.05) is 0 Å². The fraction of sp³-hybridized carbons (Fsp3) is 0.600. The van der Waals surface area contributed by atoms with Crippen molar-refractivity contribution in [2.45, 2.75) is 19.8 Å². The van der Waals surface area contributed by atoms with Gasteiger partial charge in [0.25, 0.3) is 0 Å². The van der Waals surface area contributed by atoms with Gasteiger partial charge in [0.1, 0.15) is 0 Å². The number of unbranched alkanes of at least 4 members (excludes halogenated alkanes) is 1. The quantitative estimate of drug-likeness (QED) is 0.153. The molecule has 0 aromatic rings. The van der Waals surface area contributed by atoms with Crippen LogP contribution in [0.2, 0.25) is 0 Å². The van der Waals surface area contributed by atoms with E-state index in [4.69, 9.17) is 5.11 Å². The first-order valence-electron chi connectivity index (χ1n) is 5.00. The van der Waals surface area contributed by atoms with Gasteiger partial charge in [-0.25, -0.2) is 4.79 Å². The Balaban J connectivity index is 0. The van der Waals surface area contributed by atoms with Crippen LogP contribution in [0.3, 0.4) is 0 Å². The van der Waals surface area contributed by atoms with E-state index in [9.17, 15) is 9.90 Å². The van der Waals surface area contributed by atoms with Gasteiger partial charge in [0.2, 0.25) is 0 Å². The van der Waals surface area contributed by atoms with Crippen molar-refractivity contribution in [3.8, 4) is 0 Å². The van der Waals surface area contributed by atoms with E-state index in [1.54, 1.807) is 0 Å². The van der Waals surface area contributed by atoms with Crippen LogP contribution in [0.4, 0.5) is 0 Å². The fourth-order valence-electron chi connectivity index (χ4n) is 0.867. The van der Waals surface area contributed by atoms with Crippen molar-refractivity contribution >= 4 is 11.9 Å². The summed E-state index contributed by atoms with van der Waals surface area (Å²) in [7, 11) is 0. The average Bonchev–Trinajstić information content (AvgIpc) is 2.20. The zero-order valence-corrected chi connectivity index (χ0v) is 11.9. The van der Waals surface area contributed by atoms with Crippen molar-refractivity contribution in [3.05, 3.63) is 12.2 Å². The van der Waals surface area contributed by atoms with Crippen LogP contribution in [0.5, 0.6) is 0 Å². The molecule has 0 rings (SSSR count). The Morgan fingerprint density at radius 2 is 2.12 bits per heavy atom. The predicted octanol–water partition coefficient (Wildman–Crippen LogP) is -3.22. The van der Waals surface area contributed by atoms with Gasteiger partial charge in [-0.2, -0.15) is 0 Å². The summed E-state index contributed by atoms with van der Waals surface area (Å²) < 4.78 is 0.